The lowest BCUT2D eigenvalue weighted by Gasteiger charge is -2.22. The lowest BCUT2D eigenvalue weighted by molar-refractivity contribution is 0.630. The summed E-state index contributed by atoms with van der Waals surface area (Å²) in [5.41, 5.74) is 2.28. The van der Waals surface area contributed by atoms with Gasteiger partial charge in [-0.15, -0.1) is 0 Å². The number of halogens is 1. The van der Waals surface area contributed by atoms with Crippen molar-refractivity contribution in [2.24, 2.45) is 0 Å². The molecule has 8 heteroatoms. The van der Waals surface area contributed by atoms with Crippen molar-refractivity contribution >= 4 is 27.8 Å². The van der Waals surface area contributed by atoms with Gasteiger partial charge in [0.15, 0.2) is 0 Å². The van der Waals surface area contributed by atoms with E-state index in [-0.39, 0.29) is 11.4 Å². The molecule has 0 unspecified atom stereocenters. The van der Waals surface area contributed by atoms with Crippen molar-refractivity contribution in [1.82, 2.24) is 24.5 Å². The normalized spacial score (nSPS) is 12.3. The molecular formula is C24H21FN6O. The van der Waals surface area contributed by atoms with Crippen molar-refractivity contribution in [3.8, 4) is 5.69 Å². The Morgan fingerprint density at radius 3 is 2.72 bits per heavy atom. The first kappa shape index (κ1) is 19.9. The van der Waals surface area contributed by atoms with Crippen LogP contribution in [0, 0.1) is 12.7 Å². The highest BCUT2D eigenvalue weighted by Crippen LogP contribution is 2.27. The van der Waals surface area contributed by atoms with E-state index in [0.29, 0.717) is 34.9 Å². The molecule has 0 saturated carbocycles. The van der Waals surface area contributed by atoms with Crippen LogP contribution in [0.25, 0.3) is 27.6 Å². The number of aryl methyl sites for hydroxylation is 1. The van der Waals surface area contributed by atoms with Gasteiger partial charge in [-0.25, -0.2) is 19.3 Å². The van der Waals surface area contributed by atoms with Crippen molar-refractivity contribution < 1.29 is 4.39 Å². The summed E-state index contributed by atoms with van der Waals surface area (Å²) in [5, 5.41) is 4.22. The second-order valence-electron chi connectivity index (χ2n) is 7.65. The summed E-state index contributed by atoms with van der Waals surface area (Å²) in [7, 11) is 0. The highest BCUT2D eigenvalue weighted by Gasteiger charge is 2.22. The minimum atomic E-state index is -0.585. The van der Waals surface area contributed by atoms with E-state index in [4.69, 9.17) is 4.98 Å². The van der Waals surface area contributed by atoms with E-state index in [1.165, 1.54) is 17.0 Å². The van der Waals surface area contributed by atoms with E-state index in [1.54, 1.807) is 18.3 Å². The van der Waals surface area contributed by atoms with Crippen LogP contribution in [0.2, 0.25) is 0 Å². The number of aromatic nitrogens is 5. The lowest BCUT2D eigenvalue weighted by Crippen LogP contribution is -2.28. The zero-order valence-corrected chi connectivity index (χ0v) is 17.6. The van der Waals surface area contributed by atoms with Crippen molar-refractivity contribution in [1.29, 1.82) is 0 Å². The molecule has 1 atom stereocenters. The third kappa shape index (κ3) is 3.30. The number of nitrogens with one attached hydrogen (secondary N) is 2. The number of aromatic amines is 1. The molecule has 2 N–H and O–H groups in total. The molecule has 160 valence electrons. The van der Waals surface area contributed by atoms with Crippen LogP contribution in [-0.2, 0) is 0 Å². The van der Waals surface area contributed by atoms with Crippen molar-refractivity contribution in [3.05, 3.63) is 88.6 Å². The highest BCUT2D eigenvalue weighted by atomic mass is 19.1. The maximum absolute atomic E-state index is 14.6. The molecule has 0 amide bonds. The van der Waals surface area contributed by atoms with Gasteiger partial charge in [0.1, 0.15) is 34.8 Å². The van der Waals surface area contributed by atoms with Crippen LogP contribution in [0.5, 0.6) is 0 Å². The molecule has 0 saturated heterocycles. The summed E-state index contributed by atoms with van der Waals surface area (Å²) >= 11 is 0. The smallest absolute Gasteiger partial charge is 0.269 e. The summed E-state index contributed by atoms with van der Waals surface area (Å²) < 4.78 is 16.1. The average Bonchev–Trinajstić information content (AvgIpc) is 3.28. The molecule has 0 aliphatic rings. The highest BCUT2D eigenvalue weighted by molar-refractivity contribution is 5.86. The molecule has 32 heavy (non-hydrogen) atoms. The van der Waals surface area contributed by atoms with Gasteiger partial charge in [-0.2, -0.15) is 0 Å². The van der Waals surface area contributed by atoms with Crippen LogP contribution in [-0.4, -0.2) is 24.5 Å². The Balaban J connectivity index is 1.74. The Bertz CT molecular complexity index is 1490. The predicted molar refractivity (Wildman–Crippen MR) is 123 cm³/mol. The van der Waals surface area contributed by atoms with Gasteiger partial charge in [-0.05, 0) is 43.7 Å². The second-order valence-corrected chi connectivity index (χ2v) is 7.65. The van der Waals surface area contributed by atoms with E-state index >= 15 is 0 Å². The Morgan fingerprint density at radius 2 is 1.94 bits per heavy atom. The van der Waals surface area contributed by atoms with Gasteiger partial charge in [-0.3, -0.25) is 9.36 Å². The zero-order chi connectivity index (χ0) is 22.2. The van der Waals surface area contributed by atoms with Gasteiger partial charge in [0.25, 0.3) is 5.56 Å². The number of nitrogens with zero attached hydrogens (tertiary/aromatic N) is 4. The van der Waals surface area contributed by atoms with E-state index in [1.807, 2.05) is 44.2 Å². The van der Waals surface area contributed by atoms with Crippen LogP contribution in [0.3, 0.4) is 0 Å². The molecule has 5 aromatic rings. The SMILES string of the molecule is CC[C@H](Nc1ncnc2[nH]ccc12)c1nc2cccc(F)c2c(=O)n1-c1ccc(C)cc1. The summed E-state index contributed by atoms with van der Waals surface area (Å²) in [6.07, 6.45) is 3.89. The monoisotopic (exact) mass is 428 g/mol. The van der Waals surface area contributed by atoms with Gasteiger partial charge >= 0.3 is 0 Å². The van der Waals surface area contributed by atoms with Crippen LogP contribution >= 0.6 is 0 Å². The molecule has 5 rings (SSSR count). The Kier molecular flexibility index (Phi) is 4.89. The van der Waals surface area contributed by atoms with E-state index < -0.39 is 11.4 Å². The third-order valence-corrected chi connectivity index (χ3v) is 5.55. The summed E-state index contributed by atoms with van der Waals surface area (Å²) in [5.74, 6) is 0.534. The number of hydrogen-bond acceptors (Lipinski definition) is 5. The van der Waals surface area contributed by atoms with E-state index in [2.05, 4.69) is 20.3 Å². The average molecular weight is 428 g/mol. The summed E-state index contributed by atoms with van der Waals surface area (Å²) in [4.78, 5) is 29.9. The molecule has 0 fully saturated rings. The van der Waals surface area contributed by atoms with Crippen molar-refractivity contribution in [3.63, 3.8) is 0 Å². The lowest BCUT2D eigenvalue weighted by atomic mass is 10.1. The fourth-order valence-electron chi connectivity index (χ4n) is 3.89. The van der Waals surface area contributed by atoms with Crippen LogP contribution in [0.4, 0.5) is 10.2 Å². The van der Waals surface area contributed by atoms with Gasteiger partial charge in [-0.1, -0.05) is 30.7 Å². The maximum Gasteiger partial charge on any atom is 0.269 e. The summed E-state index contributed by atoms with van der Waals surface area (Å²) in [6, 6.07) is 13.6. The molecule has 0 spiro atoms. The number of benzene rings is 2. The topological polar surface area (TPSA) is 88.5 Å². The number of H-pyrrole nitrogens is 1. The Hall–Kier alpha value is -4.07. The van der Waals surface area contributed by atoms with Gasteiger partial charge in [0, 0.05) is 6.20 Å². The first-order chi connectivity index (χ1) is 15.6. The minimum absolute atomic E-state index is 0.0262. The molecule has 0 aliphatic heterocycles. The number of fused-ring (bicyclic) bond motifs is 2. The molecule has 3 aromatic heterocycles. The molecule has 0 aliphatic carbocycles. The number of hydrogen-bond donors (Lipinski definition) is 2. The first-order valence-corrected chi connectivity index (χ1v) is 10.4. The number of rotatable bonds is 5. The predicted octanol–water partition coefficient (Wildman–Crippen LogP) is 4.67. The summed E-state index contributed by atoms with van der Waals surface area (Å²) in [6.45, 7) is 3.97. The molecule has 0 radical (unpaired) electrons. The fraction of sp³-hybridized carbons (Fsp3) is 0.167. The standard InChI is InChI=1S/C24H21FN6O/c1-3-18(29-22-16-11-12-26-21(16)27-13-28-22)23-30-19-6-4-5-17(25)20(19)24(32)31(23)15-9-7-14(2)8-10-15/h4-13,18H,3H2,1-2H3,(H2,26,27,28,29)/t18-/m0/s1. The second kappa shape index (κ2) is 7.88. The van der Waals surface area contributed by atoms with Gasteiger partial charge in [0.05, 0.1) is 22.6 Å². The Morgan fingerprint density at radius 1 is 1.12 bits per heavy atom. The maximum atomic E-state index is 14.6. The molecular weight excluding hydrogens is 407 g/mol. The van der Waals surface area contributed by atoms with Gasteiger partial charge < -0.3 is 10.3 Å². The van der Waals surface area contributed by atoms with E-state index in [9.17, 15) is 9.18 Å². The molecule has 3 heterocycles. The van der Waals surface area contributed by atoms with Crippen molar-refractivity contribution in [2.45, 2.75) is 26.3 Å². The van der Waals surface area contributed by atoms with E-state index in [0.717, 1.165) is 10.9 Å². The molecule has 7 nitrogen and oxygen atoms in total. The fourth-order valence-corrected chi connectivity index (χ4v) is 3.89. The third-order valence-electron chi connectivity index (χ3n) is 5.55. The van der Waals surface area contributed by atoms with Gasteiger partial charge in [0.2, 0.25) is 0 Å². The van der Waals surface area contributed by atoms with Crippen LogP contribution < -0.4 is 10.9 Å². The largest absolute Gasteiger partial charge is 0.359 e. The number of anilines is 1. The van der Waals surface area contributed by atoms with Crippen LogP contribution in [0.1, 0.15) is 30.8 Å². The molecule has 0 bridgehead atoms. The Labute approximate surface area is 183 Å². The van der Waals surface area contributed by atoms with Crippen LogP contribution in [0.15, 0.2) is 65.8 Å². The first-order valence-electron chi connectivity index (χ1n) is 10.4. The molecule has 2 aromatic carbocycles. The zero-order valence-electron chi connectivity index (χ0n) is 17.6. The quantitative estimate of drug-likeness (QED) is 0.425. The minimum Gasteiger partial charge on any atom is -0.359 e. The van der Waals surface area contributed by atoms with Crippen molar-refractivity contribution in [2.75, 3.05) is 5.32 Å².